The average Bonchev–Trinajstić information content (AvgIpc) is 1.67. The van der Waals surface area contributed by atoms with Gasteiger partial charge in [-0.25, -0.2) is 0 Å². The normalized spacial score (nSPS) is 12.0. The smallest absolute Gasteiger partial charge is 0.0389 e. The minimum absolute atomic E-state index is 0.00868. The Hall–Kier alpha value is -0.120. The summed E-state index contributed by atoms with van der Waals surface area (Å²) in [4.78, 5) is 0. The fourth-order valence-electron chi connectivity index (χ4n) is 0.389. The molecule has 0 rings (SSSR count). The van der Waals surface area contributed by atoms with Crippen LogP contribution in [0, 0.1) is 0 Å². The maximum absolute atomic E-state index is 5.39. The second-order valence-electron chi connectivity index (χ2n) is 2.46. The van der Waals surface area contributed by atoms with Crippen molar-refractivity contribution in [2.45, 2.75) is 19.4 Å². The molecule has 0 aromatic carbocycles. The van der Waals surface area contributed by atoms with Gasteiger partial charge in [0.25, 0.3) is 0 Å². The summed E-state index contributed by atoms with van der Waals surface area (Å²) >= 11 is 0. The van der Waals surface area contributed by atoms with Crippen LogP contribution in [0.1, 0.15) is 13.8 Å². The van der Waals surface area contributed by atoms with Gasteiger partial charge in [0.15, 0.2) is 0 Å². The molecule has 0 saturated heterocycles. The van der Waals surface area contributed by atoms with Gasteiger partial charge in [-0.3, -0.25) is 10.9 Å². The number of nitrogens with two attached hydrogens (primary N) is 1. The molecule has 0 fully saturated rings. The molecular weight excluding hydrogens is 102 g/mol. The predicted octanol–water partition coefficient (Wildman–Crippen LogP) is -0.552. The van der Waals surface area contributed by atoms with Crippen molar-refractivity contribution in [3.63, 3.8) is 0 Å². The zero-order valence-corrected chi connectivity index (χ0v) is 5.78. The second-order valence-corrected chi connectivity index (χ2v) is 2.46. The lowest BCUT2D eigenvalue weighted by atomic mass is 10.1. The molecule has 0 aliphatic heterocycles. The van der Waals surface area contributed by atoms with Crippen molar-refractivity contribution in [2.24, 2.45) is 5.73 Å². The largest absolute Gasteiger partial charge is 0.329 e. The molecule has 50 valence electrons. The van der Waals surface area contributed by atoms with E-state index in [1.807, 2.05) is 20.9 Å². The van der Waals surface area contributed by atoms with Crippen LogP contribution in [0.25, 0.3) is 0 Å². The Kier molecular flexibility index (Phi) is 2.97. The molecule has 0 aliphatic rings. The summed E-state index contributed by atoms with van der Waals surface area (Å²) in [5.41, 5.74) is 11.2. The van der Waals surface area contributed by atoms with Crippen molar-refractivity contribution < 1.29 is 0 Å². The lowest BCUT2D eigenvalue weighted by Crippen LogP contribution is -2.51. The fourth-order valence-corrected chi connectivity index (χ4v) is 0.389. The molecule has 3 heteroatoms. The summed E-state index contributed by atoms with van der Waals surface area (Å²) in [6.07, 6.45) is 0. The van der Waals surface area contributed by atoms with Crippen molar-refractivity contribution in [3.05, 3.63) is 0 Å². The van der Waals surface area contributed by atoms with E-state index < -0.39 is 0 Å². The molecule has 0 saturated carbocycles. The summed E-state index contributed by atoms with van der Waals surface area (Å²) in [7, 11) is 1.83. The molecular formula is C5H15N3. The van der Waals surface area contributed by atoms with E-state index in [0.29, 0.717) is 6.54 Å². The quantitative estimate of drug-likeness (QED) is 0.435. The minimum atomic E-state index is 0.00868. The minimum Gasteiger partial charge on any atom is -0.329 e. The molecule has 0 aromatic rings. The van der Waals surface area contributed by atoms with Gasteiger partial charge in [-0.05, 0) is 20.9 Å². The first kappa shape index (κ1) is 7.88. The third kappa shape index (κ3) is 2.96. The fraction of sp³-hybridized carbons (Fsp3) is 1.00. The van der Waals surface area contributed by atoms with Crippen molar-refractivity contribution in [3.8, 4) is 0 Å². The number of nitrogens with one attached hydrogen (secondary N) is 2. The highest BCUT2D eigenvalue weighted by atomic mass is 15.4. The molecule has 0 aromatic heterocycles. The van der Waals surface area contributed by atoms with Gasteiger partial charge in [0, 0.05) is 12.1 Å². The van der Waals surface area contributed by atoms with Crippen LogP contribution in [-0.4, -0.2) is 19.1 Å². The molecule has 0 spiro atoms. The Balaban J connectivity index is 3.37. The third-order valence-electron chi connectivity index (χ3n) is 0.974. The molecule has 0 radical (unpaired) electrons. The first-order valence-corrected chi connectivity index (χ1v) is 2.76. The average molecular weight is 117 g/mol. The zero-order valence-electron chi connectivity index (χ0n) is 5.78. The zero-order chi connectivity index (χ0) is 6.62. The SMILES string of the molecule is CNNC(C)(C)CN. The van der Waals surface area contributed by atoms with Gasteiger partial charge in [0.05, 0.1) is 0 Å². The molecule has 0 heterocycles. The molecule has 0 bridgehead atoms. The Morgan fingerprint density at radius 1 is 1.50 bits per heavy atom. The van der Waals surface area contributed by atoms with E-state index in [-0.39, 0.29) is 5.54 Å². The van der Waals surface area contributed by atoms with Gasteiger partial charge in [-0.1, -0.05) is 0 Å². The highest BCUT2D eigenvalue weighted by Crippen LogP contribution is 1.93. The van der Waals surface area contributed by atoms with Crippen molar-refractivity contribution in [1.82, 2.24) is 10.9 Å². The molecule has 3 nitrogen and oxygen atoms in total. The predicted molar refractivity (Wildman–Crippen MR) is 35.3 cm³/mol. The molecule has 0 aliphatic carbocycles. The van der Waals surface area contributed by atoms with Crippen LogP contribution in [0.2, 0.25) is 0 Å². The second kappa shape index (κ2) is 3.02. The van der Waals surface area contributed by atoms with E-state index >= 15 is 0 Å². The van der Waals surface area contributed by atoms with Crippen LogP contribution in [0.4, 0.5) is 0 Å². The number of hydrogen-bond donors (Lipinski definition) is 3. The molecule has 0 amide bonds. The maximum atomic E-state index is 5.39. The van der Waals surface area contributed by atoms with Gasteiger partial charge >= 0.3 is 0 Å². The van der Waals surface area contributed by atoms with E-state index in [1.54, 1.807) is 0 Å². The van der Waals surface area contributed by atoms with E-state index in [0.717, 1.165) is 0 Å². The van der Waals surface area contributed by atoms with Gasteiger partial charge in [-0.15, -0.1) is 0 Å². The Labute approximate surface area is 50.6 Å². The first-order valence-electron chi connectivity index (χ1n) is 2.76. The van der Waals surface area contributed by atoms with Crippen LogP contribution in [0.3, 0.4) is 0 Å². The van der Waals surface area contributed by atoms with E-state index in [9.17, 15) is 0 Å². The number of rotatable bonds is 3. The number of hydrogen-bond acceptors (Lipinski definition) is 3. The molecule has 0 atom stereocenters. The summed E-state index contributed by atoms with van der Waals surface area (Å²) in [5.74, 6) is 0. The molecule has 4 N–H and O–H groups in total. The molecule has 0 unspecified atom stereocenters. The number of hydrazine groups is 1. The summed E-state index contributed by atoms with van der Waals surface area (Å²) < 4.78 is 0. The highest BCUT2D eigenvalue weighted by Gasteiger charge is 2.11. The van der Waals surface area contributed by atoms with Gasteiger partial charge in [0.2, 0.25) is 0 Å². The van der Waals surface area contributed by atoms with Gasteiger partial charge in [0.1, 0.15) is 0 Å². The van der Waals surface area contributed by atoms with E-state index in [2.05, 4.69) is 10.9 Å². The monoisotopic (exact) mass is 117 g/mol. The summed E-state index contributed by atoms with van der Waals surface area (Å²) in [6.45, 7) is 4.70. The van der Waals surface area contributed by atoms with Gasteiger partial charge < -0.3 is 5.73 Å². The summed E-state index contributed by atoms with van der Waals surface area (Å²) in [5, 5.41) is 0. The van der Waals surface area contributed by atoms with Crippen molar-refractivity contribution in [2.75, 3.05) is 13.6 Å². The van der Waals surface area contributed by atoms with Crippen LogP contribution in [0.5, 0.6) is 0 Å². The van der Waals surface area contributed by atoms with Crippen LogP contribution < -0.4 is 16.6 Å². The van der Waals surface area contributed by atoms with Crippen LogP contribution in [0.15, 0.2) is 0 Å². The Morgan fingerprint density at radius 2 is 2.00 bits per heavy atom. The van der Waals surface area contributed by atoms with Crippen molar-refractivity contribution in [1.29, 1.82) is 0 Å². The Morgan fingerprint density at radius 3 is 2.12 bits per heavy atom. The maximum Gasteiger partial charge on any atom is 0.0389 e. The van der Waals surface area contributed by atoms with Crippen LogP contribution >= 0.6 is 0 Å². The van der Waals surface area contributed by atoms with Crippen LogP contribution in [-0.2, 0) is 0 Å². The van der Waals surface area contributed by atoms with Gasteiger partial charge in [-0.2, -0.15) is 0 Å². The highest BCUT2D eigenvalue weighted by molar-refractivity contribution is 4.74. The standard InChI is InChI=1S/C5H15N3/c1-5(2,4-6)8-7-3/h7-8H,4,6H2,1-3H3. The third-order valence-corrected chi connectivity index (χ3v) is 0.974. The topological polar surface area (TPSA) is 50.1 Å². The van der Waals surface area contributed by atoms with E-state index in [1.165, 1.54) is 0 Å². The Bertz CT molecular complexity index is 60.7. The lowest BCUT2D eigenvalue weighted by Gasteiger charge is -2.22. The lowest BCUT2D eigenvalue weighted by molar-refractivity contribution is 0.358. The van der Waals surface area contributed by atoms with E-state index in [4.69, 9.17) is 5.73 Å². The van der Waals surface area contributed by atoms with Crippen molar-refractivity contribution >= 4 is 0 Å². The molecule has 8 heavy (non-hydrogen) atoms. The first-order chi connectivity index (χ1) is 3.62. The summed E-state index contributed by atoms with van der Waals surface area (Å²) in [6, 6.07) is 0.